The molecule has 1 N–H and O–H groups in total. The van der Waals surface area contributed by atoms with Crippen molar-refractivity contribution in [3.63, 3.8) is 0 Å². The first-order valence-corrected chi connectivity index (χ1v) is 9.02. The molecule has 1 fully saturated rings. The van der Waals surface area contributed by atoms with Crippen LogP contribution in [-0.4, -0.2) is 13.9 Å². The van der Waals surface area contributed by atoms with E-state index >= 15 is 0 Å². The van der Waals surface area contributed by atoms with Gasteiger partial charge in [-0.15, -0.1) is 0 Å². The summed E-state index contributed by atoms with van der Waals surface area (Å²) in [5, 5.41) is 0. The quantitative estimate of drug-likeness (QED) is 0.826. The molecular formula is C15H23BrN2OS. The molecule has 2 rings (SSSR count). The highest BCUT2D eigenvalue weighted by Gasteiger charge is 2.36. The van der Waals surface area contributed by atoms with Gasteiger partial charge in [0.2, 0.25) is 0 Å². The number of hydrogen-bond donors (Lipinski definition) is 1. The lowest BCUT2D eigenvalue weighted by atomic mass is 9.71. The number of halogens is 1. The van der Waals surface area contributed by atoms with E-state index in [0.717, 1.165) is 16.2 Å². The van der Waals surface area contributed by atoms with Gasteiger partial charge in [-0.1, -0.05) is 13.0 Å². The summed E-state index contributed by atoms with van der Waals surface area (Å²) in [7, 11) is -1.08. The van der Waals surface area contributed by atoms with Gasteiger partial charge in [0.05, 0.1) is 27.5 Å². The Morgan fingerprint density at radius 1 is 1.40 bits per heavy atom. The van der Waals surface area contributed by atoms with Crippen molar-refractivity contribution in [1.29, 1.82) is 0 Å². The molecule has 0 bridgehead atoms. The predicted molar refractivity (Wildman–Crippen MR) is 87.6 cm³/mol. The maximum absolute atomic E-state index is 12.4. The van der Waals surface area contributed by atoms with E-state index in [9.17, 15) is 4.21 Å². The van der Waals surface area contributed by atoms with E-state index in [0.29, 0.717) is 5.92 Å². The maximum Gasteiger partial charge on any atom is 0.106 e. The summed E-state index contributed by atoms with van der Waals surface area (Å²) in [6, 6.07) is 6.00. The molecule has 1 heterocycles. The number of hydrogen-bond acceptors (Lipinski definition) is 2. The molecule has 0 saturated heterocycles. The highest BCUT2D eigenvalue weighted by molar-refractivity contribution is 9.10. The summed E-state index contributed by atoms with van der Waals surface area (Å²) < 4.78 is 16.3. The SMILES string of the molecule is CC1CC([C@H](NS(=O)C(C)(C)C)c2cccc(Br)n2)C1. The van der Waals surface area contributed by atoms with Gasteiger partial charge < -0.3 is 0 Å². The standard InChI is InChI=1S/C15H23BrN2OS/c1-10-8-11(9-10)14(18-20(19)15(2,3)4)12-6-5-7-13(16)17-12/h5-7,10-11,14,18H,8-9H2,1-4H3/t10?,11?,14-,20?/m0/s1. The zero-order chi connectivity index (χ0) is 14.9. The first kappa shape index (κ1) is 16.1. The largest absolute Gasteiger partial charge is 0.244 e. The van der Waals surface area contributed by atoms with Crippen molar-refractivity contribution in [2.45, 2.75) is 51.3 Å². The molecule has 5 heteroatoms. The van der Waals surface area contributed by atoms with Crippen LogP contribution in [0.5, 0.6) is 0 Å². The van der Waals surface area contributed by atoms with Crippen LogP contribution in [0.4, 0.5) is 0 Å². The average molecular weight is 359 g/mol. The fraction of sp³-hybridized carbons (Fsp3) is 0.667. The summed E-state index contributed by atoms with van der Waals surface area (Å²) in [6.45, 7) is 8.24. The first-order valence-electron chi connectivity index (χ1n) is 7.08. The summed E-state index contributed by atoms with van der Waals surface area (Å²) in [5.41, 5.74) is 0.980. The first-order chi connectivity index (χ1) is 9.27. The number of nitrogens with one attached hydrogen (secondary N) is 1. The normalized spacial score (nSPS) is 25.9. The minimum atomic E-state index is -1.08. The summed E-state index contributed by atoms with van der Waals surface area (Å²) >= 11 is 3.42. The minimum absolute atomic E-state index is 0.0729. The fourth-order valence-electron chi connectivity index (χ4n) is 2.52. The molecule has 1 aliphatic rings. The molecule has 112 valence electrons. The van der Waals surface area contributed by atoms with Crippen LogP contribution in [0.2, 0.25) is 0 Å². The van der Waals surface area contributed by atoms with Crippen LogP contribution >= 0.6 is 15.9 Å². The van der Waals surface area contributed by atoms with E-state index in [1.807, 2.05) is 39.0 Å². The lowest BCUT2D eigenvalue weighted by molar-refractivity contribution is 0.168. The van der Waals surface area contributed by atoms with Crippen molar-refractivity contribution < 1.29 is 4.21 Å². The Balaban J connectivity index is 2.19. The zero-order valence-electron chi connectivity index (χ0n) is 12.5. The van der Waals surface area contributed by atoms with Crippen LogP contribution in [0.3, 0.4) is 0 Å². The van der Waals surface area contributed by atoms with Gasteiger partial charge in [-0.05, 0) is 73.5 Å². The Morgan fingerprint density at radius 2 is 2.05 bits per heavy atom. The molecule has 0 aromatic carbocycles. The van der Waals surface area contributed by atoms with E-state index in [4.69, 9.17) is 0 Å². The lowest BCUT2D eigenvalue weighted by Crippen LogP contribution is -2.42. The van der Waals surface area contributed by atoms with Gasteiger partial charge in [0.25, 0.3) is 0 Å². The molecule has 1 saturated carbocycles. The third-order valence-electron chi connectivity index (χ3n) is 3.73. The van der Waals surface area contributed by atoms with Crippen LogP contribution in [0.25, 0.3) is 0 Å². The Morgan fingerprint density at radius 3 is 2.55 bits per heavy atom. The average Bonchev–Trinajstić information content (AvgIpc) is 2.31. The smallest absolute Gasteiger partial charge is 0.106 e. The maximum atomic E-state index is 12.4. The van der Waals surface area contributed by atoms with Gasteiger partial charge in [-0.3, -0.25) is 0 Å². The number of nitrogens with zero attached hydrogens (tertiary/aromatic N) is 1. The molecule has 20 heavy (non-hydrogen) atoms. The van der Waals surface area contributed by atoms with Crippen LogP contribution < -0.4 is 4.72 Å². The third kappa shape index (κ3) is 3.89. The van der Waals surface area contributed by atoms with Crippen LogP contribution in [0, 0.1) is 11.8 Å². The van der Waals surface area contributed by atoms with Crippen LogP contribution in [-0.2, 0) is 11.0 Å². The molecule has 2 atom stereocenters. The van der Waals surface area contributed by atoms with Crippen LogP contribution in [0.1, 0.15) is 52.3 Å². The van der Waals surface area contributed by atoms with E-state index in [2.05, 4.69) is 32.6 Å². The number of rotatable bonds is 4. The molecule has 0 amide bonds. The second-order valence-corrected chi connectivity index (χ2v) is 9.51. The topological polar surface area (TPSA) is 42.0 Å². The van der Waals surface area contributed by atoms with Crippen LogP contribution in [0.15, 0.2) is 22.8 Å². The monoisotopic (exact) mass is 358 g/mol. The minimum Gasteiger partial charge on any atom is -0.244 e. The van der Waals surface area contributed by atoms with E-state index in [1.54, 1.807) is 0 Å². The molecule has 3 nitrogen and oxygen atoms in total. The summed E-state index contributed by atoms with van der Waals surface area (Å²) in [5.74, 6) is 1.29. The molecule has 1 aliphatic carbocycles. The van der Waals surface area contributed by atoms with Gasteiger partial charge in [-0.2, -0.15) is 0 Å². The number of aromatic nitrogens is 1. The van der Waals surface area contributed by atoms with E-state index in [1.165, 1.54) is 12.8 Å². The predicted octanol–water partition coefficient (Wildman–Crippen LogP) is 3.98. The molecule has 1 aromatic heterocycles. The molecule has 0 radical (unpaired) electrons. The van der Waals surface area contributed by atoms with Gasteiger partial charge in [0.1, 0.15) is 4.60 Å². The zero-order valence-corrected chi connectivity index (χ0v) is 14.9. The number of pyridine rings is 1. The second-order valence-electron chi connectivity index (χ2n) is 6.70. The van der Waals surface area contributed by atoms with Gasteiger partial charge in [0.15, 0.2) is 0 Å². The van der Waals surface area contributed by atoms with Crippen molar-refractivity contribution >= 4 is 26.9 Å². The molecular weight excluding hydrogens is 336 g/mol. The fourth-order valence-corrected chi connectivity index (χ4v) is 3.78. The Bertz CT molecular complexity index is 495. The van der Waals surface area contributed by atoms with E-state index in [-0.39, 0.29) is 10.8 Å². The summed E-state index contributed by atoms with van der Waals surface area (Å²) in [6.07, 6.45) is 2.35. The molecule has 1 unspecified atom stereocenters. The molecule has 0 spiro atoms. The summed E-state index contributed by atoms with van der Waals surface area (Å²) in [4.78, 5) is 4.56. The van der Waals surface area contributed by atoms with Crippen molar-refractivity contribution in [3.05, 3.63) is 28.5 Å². The molecule has 1 aromatic rings. The van der Waals surface area contributed by atoms with Gasteiger partial charge in [-0.25, -0.2) is 13.9 Å². The van der Waals surface area contributed by atoms with Gasteiger partial charge in [0, 0.05) is 0 Å². The highest BCUT2D eigenvalue weighted by Crippen LogP contribution is 2.42. The Hall–Kier alpha value is -0.260. The van der Waals surface area contributed by atoms with Crippen molar-refractivity contribution in [3.8, 4) is 0 Å². The van der Waals surface area contributed by atoms with Crippen molar-refractivity contribution in [1.82, 2.24) is 9.71 Å². The van der Waals surface area contributed by atoms with E-state index < -0.39 is 11.0 Å². The lowest BCUT2D eigenvalue weighted by Gasteiger charge is -2.39. The highest BCUT2D eigenvalue weighted by atomic mass is 79.9. The Labute approximate surface area is 132 Å². The van der Waals surface area contributed by atoms with Crippen molar-refractivity contribution in [2.24, 2.45) is 11.8 Å². The molecule has 0 aliphatic heterocycles. The second kappa shape index (κ2) is 6.24. The Kier molecular flexibility index (Phi) is 5.03. The third-order valence-corrected chi connectivity index (χ3v) is 5.75. The van der Waals surface area contributed by atoms with Gasteiger partial charge >= 0.3 is 0 Å². The van der Waals surface area contributed by atoms with Crippen molar-refractivity contribution in [2.75, 3.05) is 0 Å².